The van der Waals surface area contributed by atoms with Crippen LogP contribution in [-0.2, 0) is 37.6 Å². The van der Waals surface area contributed by atoms with Crippen molar-refractivity contribution in [3.8, 4) is 11.5 Å². The molecule has 0 aliphatic carbocycles. The summed E-state index contributed by atoms with van der Waals surface area (Å²) in [6, 6.07) is 15.8. The number of nitro benzene ring substituents is 4. The average molecular weight is 986 g/mol. The molecular formula is C32H20CrN10Na3O16S2+. The Kier molecular flexibility index (Phi) is 20.5. The number of phenolic OH excluding ortho intramolecular Hbond substituents is 2. The van der Waals surface area contributed by atoms with Crippen molar-refractivity contribution in [2.75, 3.05) is 0 Å². The molecule has 0 fully saturated rings. The van der Waals surface area contributed by atoms with Crippen molar-refractivity contribution in [2.45, 2.75) is 9.79 Å². The van der Waals surface area contributed by atoms with E-state index in [-0.39, 0.29) is 150 Å². The molecule has 0 bridgehead atoms. The number of hydrogen-bond acceptors (Lipinski definition) is 18. The van der Waals surface area contributed by atoms with Crippen LogP contribution in [0.1, 0.15) is 0 Å². The maximum absolute atomic E-state index is 11.7. The van der Waals surface area contributed by atoms with E-state index in [1.165, 1.54) is 48.5 Å². The third-order valence-electron chi connectivity index (χ3n) is 7.98. The van der Waals surface area contributed by atoms with Gasteiger partial charge in [0.1, 0.15) is 21.2 Å². The Morgan fingerprint density at radius 2 is 0.750 bits per heavy atom. The predicted molar refractivity (Wildman–Crippen MR) is 207 cm³/mol. The van der Waals surface area contributed by atoms with Crippen LogP contribution in [0.3, 0.4) is 0 Å². The quantitative estimate of drug-likeness (QED) is 0.0475. The number of rotatable bonds is 10. The van der Waals surface area contributed by atoms with Crippen molar-refractivity contribution < 1.29 is 162 Å². The Morgan fingerprint density at radius 3 is 1.02 bits per heavy atom. The monoisotopic (exact) mass is 985 g/mol. The molecule has 0 radical (unpaired) electrons. The average Bonchev–Trinajstić information content (AvgIpc) is 3.17. The van der Waals surface area contributed by atoms with Crippen molar-refractivity contribution in [1.82, 2.24) is 0 Å². The molecule has 314 valence electrons. The van der Waals surface area contributed by atoms with E-state index in [9.17, 15) is 76.6 Å². The second kappa shape index (κ2) is 22.9. The number of nitrogens with one attached hydrogen (secondary N) is 2. The molecular weight excluding hydrogens is 966 g/mol. The van der Waals surface area contributed by atoms with Crippen LogP contribution >= 0.6 is 0 Å². The molecule has 0 aliphatic rings. The molecule has 6 aromatic rings. The Bertz CT molecular complexity index is 2940. The molecule has 32 heteroatoms. The second-order valence-corrected chi connectivity index (χ2v) is 14.5. The largest absolute Gasteiger partial charge is 1.00 e. The van der Waals surface area contributed by atoms with Crippen LogP contribution in [0.25, 0.3) is 33.0 Å². The van der Waals surface area contributed by atoms with E-state index in [4.69, 9.17) is 11.5 Å². The Morgan fingerprint density at radius 1 is 0.469 bits per heavy atom. The number of non-ortho nitro benzene ring substituents is 2. The van der Waals surface area contributed by atoms with Crippen molar-refractivity contribution >= 4 is 98.7 Å². The molecule has 0 aromatic heterocycles. The summed E-state index contributed by atoms with van der Waals surface area (Å²) in [6.07, 6.45) is 0. The molecule has 0 amide bonds. The summed E-state index contributed by atoms with van der Waals surface area (Å²) in [5, 5.41) is 78.5. The Labute approximate surface area is 434 Å². The molecule has 64 heavy (non-hydrogen) atoms. The first-order valence-corrected chi connectivity index (χ1v) is 18.5. The maximum atomic E-state index is 11.7. The van der Waals surface area contributed by atoms with Gasteiger partial charge in [0.25, 0.3) is 31.6 Å². The van der Waals surface area contributed by atoms with Crippen LogP contribution in [0.5, 0.6) is 11.5 Å². The van der Waals surface area contributed by atoms with Gasteiger partial charge in [-0.25, -0.2) is 0 Å². The van der Waals surface area contributed by atoms with Gasteiger partial charge in [-0.2, -0.15) is 27.1 Å². The number of azo groups is 2. The van der Waals surface area contributed by atoms with Gasteiger partial charge in [0, 0.05) is 40.3 Å². The van der Waals surface area contributed by atoms with Gasteiger partial charge in [-0.1, -0.05) is 48.5 Å². The number of nitro groups is 4. The Balaban J connectivity index is 0.000000602. The predicted octanol–water partition coefficient (Wildman–Crippen LogP) is 0.425. The molecule has 6 aromatic carbocycles. The van der Waals surface area contributed by atoms with Crippen molar-refractivity contribution in [2.24, 2.45) is 20.5 Å². The van der Waals surface area contributed by atoms with Crippen molar-refractivity contribution in [3.05, 3.63) is 137 Å². The van der Waals surface area contributed by atoms with Gasteiger partial charge in [-0.3, -0.25) is 49.6 Å². The van der Waals surface area contributed by atoms with Gasteiger partial charge in [-0.05, 0) is 22.9 Å². The molecule has 6 rings (SSSR count). The van der Waals surface area contributed by atoms with Gasteiger partial charge >= 0.3 is 100 Å². The molecule has 0 aliphatic heterocycles. The smallest absolute Gasteiger partial charge is 0.696 e. The van der Waals surface area contributed by atoms with Gasteiger partial charge in [0.2, 0.25) is 11.5 Å². The van der Waals surface area contributed by atoms with Gasteiger partial charge in [0.15, 0.2) is 0 Å². The van der Waals surface area contributed by atoms with Gasteiger partial charge < -0.3 is 21.7 Å². The fourth-order valence-electron chi connectivity index (χ4n) is 5.28. The maximum Gasteiger partial charge on any atom is 1.00 e. The van der Waals surface area contributed by atoms with Crippen LogP contribution in [0, 0.1) is 40.5 Å². The molecule has 0 unspecified atom stereocenters. The van der Waals surface area contributed by atoms with Crippen LogP contribution in [0.4, 0.5) is 56.9 Å². The number of fused-ring (bicyclic) bond motifs is 2. The van der Waals surface area contributed by atoms with E-state index in [1.807, 2.05) is 0 Å². The van der Waals surface area contributed by atoms with Crippen LogP contribution in [0.2, 0.25) is 0 Å². The second-order valence-electron chi connectivity index (χ2n) is 11.7. The SMILES string of the molecule is [Cr].[NH-]c1c(N=Nc2cc([N+](=O)[O-])cc([N+](=O)[O-])c2O)cc(S(=O)(=O)O)c2ccccc12.[NH-]c1c(N=Nc2cc([N+](=O)[O-])cc([N+](=O)[O-])c2O)cc(S(=O)(=O)O)c2ccccc12.[Na+].[Na+].[Na+]. The molecule has 26 nitrogen and oxygen atoms in total. The summed E-state index contributed by atoms with van der Waals surface area (Å²) >= 11 is 0. The van der Waals surface area contributed by atoms with E-state index in [1.54, 1.807) is 0 Å². The summed E-state index contributed by atoms with van der Waals surface area (Å²) in [7, 11) is -9.42. The third-order valence-corrected chi connectivity index (χ3v) is 9.77. The van der Waals surface area contributed by atoms with Gasteiger partial charge in [-0.15, -0.1) is 21.6 Å². The summed E-state index contributed by atoms with van der Waals surface area (Å²) in [6.45, 7) is 0. The minimum absolute atomic E-state index is 0. The number of hydrogen-bond donors (Lipinski definition) is 4. The zero-order valence-corrected chi connectivity index (χ0v) is 41.5. The zero-order chi connectivity index (χ0) is 44.4. The molecule has 0 atom stereocenters. The summed E-state index contributed by atoms with van der Waals surface area (Å²) in [5.74, 6) is -2.01. The minimum atomic E-state index is -4.71. The first-order chi connectivity index (χ1) is 28.0. The number of nitrogens with zero attached hydrogens (tertiary/aromatic N) is 8. The number of aromatic hydroxyl groups is 2. The standard InChI is InChI=1S/2C16H10N5O8S.Cr.3Na/c2*17-15-10-4-2-1-3-9(10)14(30(27,28)29)7-11(15)18-19-12-5-8(20(23)24)6-13(16(12)22)21(25)26;;;;/h2*1-7H,(H3-,17,18,19,22,27,28,29);;;;/q2*-1;;3*+1. The van der Waals surface area contributed by atoms with Crippen molar-refractivity contribution in [3.63, 3.8) is 0 Å². The fraction of sp³-hybridized carbons (Fsp3) is 0. The van der Waals surface area contributed by atoms with E-state index in [2.05, 4.69) is 20.5 Å². The van der Waals surface area contributed by atoms with E-state index >= 15 is 0 Å². The molecule has 0 heterocycles. The summed E-state index contributed by atoms with van der Waals surface area (Å²) < 4.78 is 65.8. The van der Waals surface area contributed by atoms with Gasteiger partial charge in [0.05, 0.1) is 43.2 Å². The normalized spacial score (nSPS) is 11.0. The Hall–Kier alpha value is -4.81. The van der Waals surface area contributed by atoms with Crippen LogP contribution in [-0.4, -0.2) is 55.8 Å². The zero-order valence-electron chi connectivity index (χ0n) is 32.6. The molecule has 0 saturated carbocycles. The third kappa shape index (κ3) is 12.7. The summed E-state index contributed by atoms with van der Waals surface area (Å²) in [5.41, 5.74) is 10.3. The molecule has 6 N–H and O–H groups in total. The first-order valence-electron chi connectivity index (χ1n) is 15.7. The van der Waals surface area contributed by atoms with E-state index in [0.29, 0.717) is 12.1 Å². The molecule has 0 spiro atoms. The fourth-order valence-corrected chi connectivity index (χ4v) is 6.71. The molecule has 0 saturated heterocycles. The van der Waals surface area contributed by atoms with Crippen molar-refractivity contribution in [1.29, 1.82) is 0 Å². The topological polar surface area (TPSA) is 419 Å². The summed E-state index contributed by atoms with van der Waals surface area (Å²) in [4.78, 5) is 38.9. The van der Waals surface area contributed by atoms with E-state index < -0.39 is 95.3 Å². The minimum Gasteiger partial charge on any atom is -0.696 e. The van der Waals surface area contributed by atoms with E-state index in [0.717, 1.165) is 24.3 Å². The number of phenols is 2. The van der Waals surface area contributed by atoms with Crippen LogP contribution in [0.15, 0.2) is 115 Å². The van der Waals surface area contributed by atoms with Crippen LogP contribution < -0.4 is 88.7 Å². The number of benzene rings is 6. The first kappa shape index (κ1) is 57.2.